The van der Waals surface area contributed by atoms with Crippen LogP contribution < -0.4 is 10.1 Å². The van der Waals surface area contributed by atoms with Gasteiger partial charge in [-0.1, -0.05) is 12.1 Å². The van der Waals surface area contributed by atoms with E-state index in [1.807, 2.05) is 0 Å². The normalized spacial score (nSPS) is 15.5. The van der Waals surface area contributed by atoms with Crippen LogP contribution in [0.5, 0.6) is 5.75 Å². The average molecular weight is 319 g/mol. The summed E-state index contributed by atoms with van der Waals surface area (Å²) in [6.45, 7) is 0. The van der Waals surface area contributed by atoms with Gasteiger partial charge in [0, 0.05) is 17.2 Å². The van der Waals surface area contributed by atoms with Crippen molar-refractivity contribution in [3.63, 3.8) is 0 Å². The van der Waals surface area contributed by atoms with E-state index >= 15 is 0 Å². The number of benzene rings is 2. The number of fused-ring (bicyclic) bond motifs is 1. The first-order chi connectivity index (χ1) is 10.9. The lowest BCUT2D eigenvalue weighted by molar-refractivity contribution is -0.137. The number of hydrogen-bond donors (Lipinski definition) is 1. The van der Waals surface area contributed by atoms with Crippen LogP contribution in [-0.4, -0.2) is 13.0 Å². The van der Waals surface area contributed by atoms with Gasteiger partial charge in [0.05, 0.1) is 18.4 Å². The molecule has 23 heavy (non-hydrogen) atoms. The second kappa shape index (κ2) is 5.46. The van der Waals surface area contributed by atoms with E-state index in [4.69, 9.17) is 4.74 Å². The second-order valence-corrected chi connectivity index (χ2v) is 5.04. The fraction of sp³-hybridized carbons (Fsp3) is 0.118. The molecule has 0 radical (unpaired) electrons. The van der Waals surface area contributed by atoms with Crippen LogP contribution in [0.25, 0.3) is 11.6 Å². The minimum atomic E-state index is -4.38. The lowest BCUT2D eigenvalue weighted by Crippen LogP contribution is -2.04. The van der Waals surface area contributed by atoms with Crippen molar-refractivity contribution in [3.05, 3.63) is 59.2 Å². The topological polar surface area (TPSA) is 38.3 Å². The summed E-state index contributed by atoms with van der Waals surface area (Å²) in [5.41, 5.74) is 1.51. The highest BCUT2D eigenvalue weighted by Gasteiger charge is 2.30. The number of halogens is 3. The first-order valence-corrected chi connectivity index (χ1v) is 6.77. The molecule has 0 saturated heterocycles. The summed E-state index contributed by atoms with van der Waals surface area (Å²) in [6, 6.07) is 9.82. The second-order valence-electron chi connectivity index (χ2n) is 5.04. The quantitative estimate of drug-likeness (QED) is 0.842. The van der Waals surface area contributed by atoms with Crippen molar-refractivity contribution in [2.24, 2.45) is 0 Å². The summed E-state index contributed by atoms with van der Waals surface area (Å²) in [7, 11) is 1.53. The van der Waals surface area contributed by atoms with Crippen LogP contribution >= 0.6 is 0 Å². The van der Waals surface area contributed by atoms with Gasteiger partial charge in [0.15, 0.2) is 0 Å². The van der Waals surface area contributed by atoms with Crippen molar-refractivity contribution in [1.82, 2.24) is 0 Å². The van der Waals surface area contributed by atoms with Gasteiger partial charge in [-0.15, -0.1) is 0 Å². The van der Waals surface area contributed by atoms with E-state index in [2.05, 4.69) is 5.32 Å². The molecule has 0 unspecified atom stereocenters. The summed E-state index contributed by atoms with van der Waals surface area (Å²) in [5, 5.41) is 2.71. The molecule has 3 rings (SSSR count). The fourth-order valence-electron chi connectivity index (χ4n) is 2.38. The van der Waals surface area contributed by atoms with Gasteiger partial charge in [0.1, 0.15) is 5.75 Å². The lowest BCUT2D eigenvalue weighted by atomic mass is 10.0. The third kappa shape index (κ3) is 2.92. The van der Waals surface area contributed by atoms with E-state index in [1.54, 1.807) is 24.3 Å². The number of rotatable bonds is 2. The molecule has 0 aromatic heterocycles. The molecular formula is C17H12F3NO2. The van der Waals surface area contributed by atoms with Crippen LogP contribution in [0.4, 0.5) is 18.9 Å². The molecule has 1 aliphatic rings. The van der Waals surface area contributed by atoms with Crippen LogP contribution in [0.2, 0.25) is 0 Å². The minimum absolute atomic E-state index is 0.298. The Morgan fingerprint density at radius 2 is 1.78 bits per heavy atom. The van der Waals surface area contributed by atoms with E-state index in [0.29, 0.717) is 28.1 Å². The highest BCUT2D eigenvalue weighted by Crippen LogP contribution is 2.36. The van der Waals surface area contributed by atoms with Gasteiger partial charge in [0.2, 0.25) is 0 Å². The van der Waals surface area contributed by atoms with Crippen LogP contribution in [0.3, 0.4) is 0 Å². The van der Waals surface area contributed by atoms with Crippen LogP contribution in [0.1, 0.15) is 16.7 Å². The van der Waals surface area contributed by atoms with Gasteiger partial charge in [-0.2, -0.15) is 13.2 Å². The Hall–Kier alpha value is -2.76. The van der Waals surface area contributed by atoms with E-state index in [0.717, 1.165) is 12.1 Å². The predicted octanol–water partition coefficient (Wildman–Crippen LogP) is 4.21. The molecule has 118 valence electrons. The van der Waals surface area contributed by atoms with Crippen molar-refractivity contribution < 1.29 is 22.7 Å². The van der Waals surface area contributed by atoms with Crippen molar-refractivity contribution >= 4 is 23.2 Å². The number of carbonyl (C=O) groups is 1. The predicted molar refractivity (Wildman–Crippen MR) is 80.9 cm³/mol. The fourth-order valence-corrected chi connectivity index (χ4v) is 2.38. The molecule has 0 atom stereocenters. The molecule has 0 bridgehead atoms. The van der Waals surface area contributed by atoms with Crippen molar-refractivity contribution in [2.45, 2.75) is 6.18 Å². The number of ether oxygens (including phenoxy) is 1. The Morgan fingerprint density at radius 1 is 1.09 bits per heavy atom. The van der Waals surface area contributed by atoms with Gasteiger partial charge in [-0.05, 0) is 35.9 Å². The average Bonchev–Trinajstić information content (AvgIpc) is 2.82. The van der Waals surface area contributed by atoms with Crippen LogP contribution in [0.15, 0.2) is 42.5 Å². The zero-order chi connectivity index (χ0) is 16.6. The van der Waals surface area contributed by atoms with Crippen LogP contribution in [-0.2, 0) is 11.0 Å². The molecule has 1 amide bonds. The maximum atomic E-state index is 12.6. The largest absolute Gasteiger partial charge is 0.497 e. The Balaban J connectivity index is 1.96. The highest BCUT2D eigenvalue weighted by atomic mass is 19.4. The SMILES string of the molecule is COc1ccc2c(c1)NC(=O)C2=Cc1ccc(C(F)(F)F)cc1. The summed E-state index contributed by atoms with van der Waals surface area (Å²) < 4.78 is 42.8. The number of nitrogens with one attached hydrogen (secondary N) is 1. The molecule has 0 aliphatic carbocycles. The van der Waals surface area contributed by atoms with Crippen molar-refractivity contribution in [2.75, 3.05) is 12.4 Å². The maximum absolute atomic E-state index is 12.6. The van der Waals surface area contributed by atoms with Gasteiger partial charge >= 0.3 is 6.18 Å². The van der Waals surface area contributed by atoms with E-state index < -0.39 is 11.7 Å². The molecule has 1 heterocycles. The standard InChI is InChI=1S/C17H12F3NO2/c1-23-12-6-7-13-14(16(22)21-15(13)9-12)8-10-2-4-11(5-3-10)17(18,19)20/h2-9H,1H3,(H,21,22). The number of alkyl halides is 3. The molecule has 0 spiro atoms. The number of amides is 1. The number of methoxy groups -OCH3 is 1. The zero-order valence-corrected chi connectivity index (χ0v) is 12.1. The first kappa shape index (κ1) is 15.1. The smallest absolute Gasteiger partial charge is 0.416 e. The third-order valence-electron chi connectivity index (χ3n) is 3.56. The molecule has 0 saturated carbocycles. The van der Waals surface area contributed by atoms with Crippen molar-refractivity contribution in [1.29, 1.82) is 0 Å². The molecular weight excluding hydrogens is 307 g/mol. The van der Waals surface area contributed by atoms with E-state index in [1.165, 1.54) is 19.2 Å². The summed E-state index contributed by atoms with van der Waals surface area (Å²) in [5.74, 6) is 0.313. The molecule has 1 N–H and O–H groups in total. The maximum Gasteiger partial charge on any atom is 0.416 e. The molecule has 2 aromatic rings. The van der Waals surface area contributed by atoms with E-state index in [9.17, 15) is 18.0 Å². The highest BCUT2D eigenvalue weighted by molar-refractivity contribution is 6.35. The number of anilines is 1. The summed E-state index contributed by atoms with van der Waals surface area (Å²) >= 11 is 0. The molecule has 3 nitrogen and oxygen atoms in total. The molecule has 0 fully saturated rings. The van der Waals surface area contributed by atoms with Gasteiger partial charge < -0.3 is 10.1 Å². The molecule has 2 aromatic carbocycles. The number of carbonyl (C=O) groups excluding carboxylic acids is 1. The number of hydrogen-bond acceptors (Lipinski definition) is 2. The molecule has 1 aliphatic heterocycles. The summed E-state index contributed by atoms with van der Waals surface area (Å²) in [4.78, 5) is 12.1. The van der Waals surface area contributed by atoms with E-state index in [-0.39, 0.29) is 5.91 Å². The third-order valence-corrected chi connectivity index (χ3v) is 3.56. The monoisotopic (exact) mass is 319 g/mol. The Bertz CT molecular complexity index is 792. The molecule has 6 heteroatoms. The van der Waals surface area contributed by atoms with Gasteiger partial charge in [0.25, 0.3) is 5.91 Å². The van der Waals surface area contributed by atoms with Crippen molar-refractivity contribution in [3.8, 4) is 5.75 Å². The Morgan fingerprint density at radius 3 is 2.39 bits per heavy atom. The lowest BCUT2D eigenvalue weighted by Gasteiger charge is -2.06. The minimum Gasteiger partial charge on any atom is -0.497 e. The van der Waals surface area contributed by atoms with Gasteiger partial charge in [-0.25, -0.2) is 0 Å². The van der Waals surface area contributed by atoms with Gasteiger partial charge in [-0.3, -0.25) is 4.79 Å². The van der Waals surface area contributed by atoms with Crippen LogP contribution in [0, 0.1) is 0 Å². The summed E-state index contributed by atoms with van der Waals surface area (Å²) in [6.07, 6.45) is -2.81. The zero-order valence-electron chi connectivity index (χ0n) is 12.1. The Labute approximate surface area is 130 Å². The Kier molecular flexibility index (Phi) is 3.60. The first-order valence-electron chi connectivity index (χ1n) is 6.77.